The Morgan fingerprint density at radius 1 is 1.17 bits per heavy atom. The van der Waals surface area contributed by atoms with Crippen LogP contribution in [0.4, 0.5) is 0 Å². The first-order chi connectivity index (χ1) is 11.2. The van der Waals surface area contributed by atoms with E-state index in [0.717, 1.165) is 40.6 Å². The molecule has 0 spiro atoms. The lowest BCUT2D eigenvalue weighted by Crippen LogP contribution is -2.49. The minimum Gasteiger partial charge on any atom is -0.496 e. The molecule has 2 aromatic carbocycles. The third kappa shape index (κ3) is 3.13. The first kappa shape index (κ1) is 16.1. The van der Waals surface area contributed by atoms with Gasteiger partial charge in [-0.05, 0) is 36.6 Å². The summed E-state index contributed by atoms with van der Waals surface area (Å²) in [6, 6.07) is 15.9. The Hall–Kier alpha value is -1.81. The molecule has 0 aromatic heterocycles. The van der Waals surface area contributed by atoms with Gasteiger partial charge in [-0.2, -0.15) is 0 Å². The van der Waals surface area contributed by atoms with Gasteiger partial charge in [-0.1, -0.05) is 52.7 Å². The molecule has 0 atom stereocenters. The number of hydrogen-bond acceptors (Lipinski definition) is 2. The number of methoxy groups -OCH3 is 1. The van der Waals surface area contributed by atoms with E-state index in [2.05, 4.69) is 21.2 Å². The zero-order chi connectivity index (χ0) is 16.3. The fraction of sp³-hybridized carbons (Fsp3) is 0.316. The van der Waals surface area contributed by atoms with Crippen LogP contribution < -0.4 is 10.1 Å². The second-order valence-corrected chi connectivity index (χ2v) is 6.85. The van der Waals surface area contributed by atoms with Gasteiger partial charge in [0.2, 0.25) is 5.91 Å². The van der Waals surface area contributed by atoms with E-state index in [4.69, 9.17) is 4.74 Å². The first-order valence-electron chi connectivity index (χ1n) is 7.82. The van der Waals surface area contributed by atoms with Gasteiger partial charge in [-0.15, -0.1) is 0 Å². The molecule has 0 heterocycles. The number of ether oxygens (including phenoxy) is 1. The average Bonchev–Trinajstić information content (AvgIpc) is 2.54. The maximum absolute atomic E-state index is 12.8. The quantitative estimate of drug-likeness (QED) is 0.852. The van der Waals surface area contributed by atoms with Gasteiger partial charge in [-0.3, -0.25) is 4.79 Å². The number of halogens is 1. The highest BCUT2D eigenvalue weighted by atomic mass is 79.9. The summed E-state index contributed by atoms with van der Waals surface area (Å²) in [5, 5.41) is 3.10. The molecule has 0 bridgehead atoms. The number of carbonyl (C=O) groups excluding carboxylic acids is 1. The van der Waals surface area contributed by atoms with Crippen molar-refractivity contribution in [1.82, 2.24) is 5.32 Å². The van der Waals surface area contributed by atoms with Crippen molar-refractivity contribution in [3.05, 3.63) is 64.1 Å². The molecule has 0 saturated heterocycles. The highest BCUT2D eigenvalue weighted by molar-refractivity contribution is 9.10. The fourth-order valence-electron chi connectivity index (χ4n) is 3.14. The Kier molecular flexibility index (Phi) is 4.71. The SMILES string of the molecule is COc1ccccc1CNC(=O)C1(c2ccc(Br)cc2)CCC1. The minimum atomic E-state index is -0.372. The summed E-state index contributed by atoms with van der Waals surface area (Å²) >= 11 is 3.45. The molecule has 23 heavy (non-hydrogen) atoms. The molecule has 3 rings (SSSR count). The molecular formula is C19H20BrNO2. The summed E-state index contributed by atoms with van der Waals surface area (Å²) < 4.78 is 6.38. The molecule has 120 valence electrons. The van der Waals surface area contributed by atoms with E-state index >= 15 is 0 Å². The Morgan fingerprint density at radius 3 is 2.48 bits per heavy atom. The van der Waals surface area contributed by atoms with Crippen LogP contribution in [0.5, 0.6) is 5.75 Å². The van der Waals surface area contributed by atoms with E-state index in [-0.39, 0.29) is 11.3 Å². The molecule has 4 heteroatoms. The van der Waals surface area contributed by atoms with Crippen molar-refractivity contribution < 1.29 is 9.53 Å². The molecule has 1 N–H and O–H groups in total. The Bertz CT molecular complexity index is 693. The zero-order valence-corrected chi connectivity index (χ0v) is 14.7. The number of para-hydroxylation sites is 1. The molecule has 1 saturated carbocycles. The molecule has 1 fully saturated rings. The topological polar surface area (TPSA) is 38.3 Å². The molecule has 1 aliphatic carbocycles. The summed E-state index contributed by atoms with van der Waals surface area (Å²) in [5.74, 6) is 0.913. The van der Waals surface area contributed by atoms with Crippen LogP contribution in [-0.4, -0.2) is 13.0 Å². The van der Waals surface area contributed by atoms with Gasteiger partial charge in [-0.25, -0.2) is 0 Å². The molecule has 0 aliphatic heterocycles. The summed E-state index contributed by atoms with van der Waals surface area (Å²) in [5.41, 5.74) is 1.72. The number of nitrogens with one attached hydrogen (secondary N) is 1. The van der Waals surface area contributed by atoms with Gasteiger partial charge in [0.25, 0.3) is 0 Å². The highest BCUT2D eigenvalue weighted by Gasteiger charge is 2.45. The number of benzene rings is 2. The molecule has 3 nitrogen and oxygen atoms in total. The second-order valence-electron chi connectivity index (χ2n) is 5.94. The highest BCUT2D eigenvalue weighted by Crippen LogP contribution is 2.44. The average molecular weight is 374 g/mol. The normalized spacial score (nSPS) is 15.6. The largest absolute Gasteiger partial charge is 0.496 e. The van der Waals surface area contributed by atoms with Gasteiger partial charge < -0.3 is 10.1 Å². The predicted octanol–water partition coefficient (Wildman–Crippen LogP) is 4.20. The van der Waals surface area contributed by atoms with E-state index in [1.165, 1.54) is 0 Å². The summed E-state index contributed by atoms with van der Waals surface area (Å²) in [6.45, 7) is 0.487. The third-order valence-electron chi connectivity index (χ3n) is 4.67. The van der Waals surface area contributed by atoms with Crippen molar-refractivity contribution in [2.75, 3.05) is 7.11 Å². The van der Waals surface area contributed by atoms with E-state index < -0.39 is 0 Å². The van der Waals surface area contributed by atoms with Crippen LogP contribution in [-0.2, 0) is 16.8 Å². The number of carbonyl (C=O) groups is 1. The maximum Gasteiger partial charge on any atom is 0.230 e. The number of rotatable bonds is 5. The standard InChI is InChI=1S/C19H20BrNO2/c1-23-17-6-3-2-5-14(17)13-21-18(22)19(11-4-12-19)15-7-9-16(20)10-8-15/h2-3,5-10H,4,11-13H2,1H3,(H,21,22). The van der Waals surface area contributed by atoms with Crippen molar-refractivity contribution >= 4 is 21.8 Å². The van der Waals surface area contributed by atoms with Gasteiger partial charge in [0.05, 0.1) is 12.5 Å². The van der Waals surface area contributed by atoms with Crippen molar-refractivity contribution in [2.45, 2.75) is 31.2 Å². The summed E-state index contributed by atoms with van der Waals surface area (Å²) in [6.07, 6.45) is 2.91. The maximum atomic E-state index is 12.8. The van der Waals surface area contributed by atoms with E-state index in [1.54, 1.807) is 7.11 Å². The molecular weight excluding hydrogens is 354 g/mol. The number of hydrogen-bond donors (Lipinski definition) is 1. The Labute approximate surface area is 145 Å². The molecule has 0 unspecified atom stereocenters. The molecule has 0 radical (unpaired) electrons. The van der Waals surface area contributed by atoms with Crippen LogP contribution >= 0.6 is 15.9 Å². The van der Waals surface area contributed by atoms with E-state index in [9.17, 15) is 4.79 Å². The van der Waals surface area contributed by atoms with E-state index in [1.807, 2.05) is 48.5 Å². The van der Waals surface area contributed by atoms with Gasteiger partial charge in [0.1, 0.15) is 5.75 Å². The number of amides is 1. The molecule has 2 aromatic rings. The Morgan fingerprint density at radius 2 is 1.87 bits per heavy atom. The van der Waals surface area contributed by atoms with Gasteiger partial charge >= 0.3 is 0 Å². The first-order valence-corrected chi connectivity index (χ1v) is 8.61. The predicted molar refractivity (Wildman–Crippen MR) is 94.5 cm³/mol. The van der Waals surface area contributed by atoms with Gasteiger partial charge in [0, 0.05) is 16.6 Å². The van der Waals surface area contributed by atoms with Crippen molar-refractivity contribution in [2.24, 2.45) is 0 Å². The van der Waals surface area contributed by atoms with E-state index in [0.29, 0.717) is 6.54 Å². The Balaban J connectivity index is 1.75. The monoisotopic (exact) mass is 373 g/mol. The molecule has 1 aliphatic rings. The fourth-order valence-corrected chi connectivity index (χ4v) is 3.40. The minimum absolute atomic E-state index is 0.108. The summed E-state index contributed by atoms with van der Waals surface area (Å²) in [7, 11) is 1.65. The third-order valence-corrected chi connectivity index (χ3v) is 5.20. The zero-order valence-electron chi connectivity index (χ0n) is 13.1. The van der Waals surface area contributed by atoms with Crippen LogP contribution in [0.1, 0.15) is 30.4 Å². The lowest BCUT2D eigenvalue weighted by molar-refractivity contribution is -0.130. The molecule has 1 amide bonds. The van der Waals surface area contributed by atoms with Crippen LogP contribution in [0, 0.1) is 0 Å². The van der Waals surface area contributed by atoms with Crippen LogP contribution in [0.3, 0.4) is 0 Å². The van der Waals surface area contributed by atoms with Crippen molar-refractivity contribution in [1.29, 1.82) is 0 Å². The van der Waals surface area contributed by atoms with Crippen molar-refractivity contribution in [3.8, 4) is 5.75 Å². The van der Waals surface area contributed by atoms with Crippen LogP contribution in [0.2, 0.25) is 0 Å². The van der Waals surface area contributed by atoms with Gasteiger partial charge in [0.15, 0.2) is 0 Å². The van der Waals surface area contributed by atoms with Crippen LogP contribution in [0.25, 0.3) is 0 Å². The lowest BCUT2D eigenvalue weighted by atomic mass is 9.64. The smallest absolute Gasteiger partial charge is 0.230 e. The van der Waals surface area contributed by atoms with Crippen molar-refractivity contribution in [3.63, 3.8) is 0 Å². The summed E-state index contributed by atoms with van der Waals surface area (Å²) in [4.78, 5) is 12.8. The van der Waals surface area contributed by atoms with Crippen LogP contribution in [0.15, 0.2) is 53.0 Å². The lowest BCUT2D eigenvalue weighted by Gasteiger charge is -2.40. The second kappa shape index (κ2) is 6.75.